The average molecular weight is 220 g/mol. The average Bonchev–Trinajstić information content (AvgIpc) is 2.07. The molecule has 82 valence electrons. The maximum Gasteiger partial charge on any atom is 0.309 e. The molecule has 4 atom stereocenters. The molecule has 0 heterocycles. The lowest BCUT2D eigenvalue weighted by Crippen LogP contribution is -2.53. The number of halogens is 1. The third kappa shape index (κ3) is 1.52. The highest BCUT2D eigenvalue weighted by Gasteiger charge is 2.51. The summed E-state index contributed by atoms with van der Waals surface area (Å²) in [6.45, 7) is 1.89. The number of fused-ring (bicyclic) bond motifs is 3. The molecule has 3 saturated carbocycles. The zero-order chi connectivity index (χ0) is 9.64. The van der Waals surface area contributed by atoms with Crippen molar-refractivity contribution in [2.24, 2.45) is 23.0 Å². The molecule has 0 spiro atoms. The van der Waals surface area contributed by atoms with Crippen molar-refractivity contribution in [2.45, 2.75) is 38.6 Å². The molecule has 4 heteroatoms. The number of rotatable bonds is 1. The zero-order valence-corrected chi connectivity index (χ0v) is 9.22. The molecule has 0 aromatic heterocycles. The van der Waals surface area contributed by atoms with Gasteiger partial charge < -0.3 is 10.8 Å². The smallest absolute Gasteiger partial charge is 0.309 e. The molecule has 4 unspecified atom stereocenters. The molecular formula is C10H18ClNO2. The predicted octanol–water partition coefficient (Wildman–Crippen LogP) is 1.65. The molecule has 0 amide bonds. The highest BCUT2D eigenvalue weighted by Crippen LogP contribution is 2.51. The second kappa shape index (κ2) is 3.70. The van der Waals surface area contributed by atoms with Crippen molar-refractivity contribution in [2.75, 3.05) is 0 Å². The van der Waals surface area contributed by atoms with Gasteiger partial charge in [0.05, 0.1) is 5.41 Å². The summed E-state index contributed by atoms with van der Waals surface area (Å²) in [5.74, 6) is 0.130. The van der Waals surface area contributed by atoms with Crippen LogP contribution in [-0.2, 0) is 4.79 Å². The molecule has 0 aromatic carbocycles. The van der Waals surface area contributed by atoms with Crippen molar-refractivity contribution in [3.8, 4) is 0 Å². The first kappa shape index (κ1) is 11.8. The molecule has 2 bridgehead atoms. The number of carbonyl (C=O) groups is 1. The van der Waals surface area contributed by atoms with E-state index in [0.29, 0.717) is 11.8 Å². The van der Waals surface area contributed by atoms with Crippen molar-refractivity contribution in [1.82, 2.24) is 0 Å². The Labute approximate surface area is 90.5 Å². The van der Waals surface area contributed by atoms with Crippen LogP contribution in [0.3, 0.4) is 0 Å². The summed E-state index contributed by atoms with van der Waals surface area (Å²) in [5.41, 5.74) is 5.46. The van der Waals surface area contributed by atoms with Crippen molar-refractivity contribution in [1.29, 1.82) is 0 Å². The van der Waals surface area contributed by atoms with E-state index in [1.54, 1.807) is 0 Å². The van der Waals surface area contributed by atoms with Gasteiger partial charge in [-0.15, -0.1) is 12.4 Å². The normalized spacial score (nSPS) is 45.7. The van der Waals surface area contributed by atoms with E-state index in [0.717, 1.165) is 25.7 Å². The van der Waals surface area contributed by atoms with E-state index < -0.39 is 11.4 Å². The number of carboxylic acids is 1. The Bertz CT molecular complexity index is 246. The standard InChI is InChI=1S/C10H17NO2.ClH/c1-10(9(12)13)5-6-2-3-7(10)4-8(6)11;/h6-8H,2-5,11H2,1H3,(H,12,13);1H. The first-order valence-corrected chi connectivity index (χ1v) is 5.03. The number of hydrogen-bond donors (Lipinski definition) is 2. The van der Waals surface area contributed by atoms with Gasteiger partial charge in [-0.1, -0.05) is 0 Å². The van der Waals surface area contributed by atoms with Crippen molar-refractivity contribution >= 4 is 18.4 Å². The molecule has 3 nitrogen and oxygen atoms in total. The molecular weight excluding hydrogens is 202 g/mol. The van der Waals surface area contributed by atoms with E-state index >= 15 is 0 Å². The minimum absolute atomic E-state index is 0. The van der Waals surface area contributed by atoms with Gasteiger partial charge >= 0.3 is 5.97 Å². The molecule has 3 aliphatic rings. The van der Waals surface area contributed by atoms with Crippen LogP contribution in [0.25, 0.3) is 0 Å². The van der Waals surface area contributed by atoms with Gasteiger partial charge in [-0.3, -0.25) is 4.79 Å². The minimum Gasteiger partial charge on any atom is -0.481 e. The van der Waals surface area contributed by atoms with Crippen molar-refractivity contribution < 1.29 is 9.90 Å². The SMILES string of the molecule is CC1(C(=O)O)CC2CCC1CC2N.Cl. The summed E-state index contributed by atoms with van der Waals surface area (Å²) >= 11 is 0. The summed E-state index contributed by atoms with van der Waals surface area (Å²) in [6.07, 6.45) is 3.89. The summed E-state index contributed by atoms with van der Waals surface area (Å²) in [7, 11) is 0. The fourth-order valence-electron chi connectivity index (χ4n) is 3.07. The van der Waals surface area contributed by atoms with E-state index in [2.05, 4.69) is 0 Å². The number of carboxylic acid groups (broad SMARTS) is 1. The van der Waals surface area contributed by atoms with Crippen molar-refractivity contribution in [3.05, 3.63) is 0 Å². The summed E-state index contributed by atoms with van der Waals surface area (Å²) in [5, 5.41) is 9.17. The van der Waals surface area contributed by atoms with Gasteiger partial charge in [-0.05, 0) is 44.4 Å². The van der Waals surface area contributed by atoms with Crippen LogP contribution < -0.4 is 5.73 Å². The van der Waals surface area contributed by atoms with Gasteiger partial charge in [0.25, 0.3) is 0 Å². The lowest BCUT2D eigenvalue weighted by Gasteiger charge is -2.50. The van der Waals surface area contributed by atoms with Crippen molar-refractivity contribution in [3.63, 3.8) is 0 Å². The molecule has 0 aliphatic heterocycles. The first-order chi connectivity index (χ1) is 6.04. The third-order valence-electron chi connectivity index (χ3n) is 4.12. The van der Waals surface area contributed by atoms with Crippen LogP contribution in [-0.4, -0.2) is 17.1 Å². The van der Waals surface area contributed by atoms with Crippen LogP contribution in [0, 0.1) is 17.3 Å². The third-order valence-corrected chi connectivity index (χ3v) is 4.12. The Hall–Kier alpha value is -0.280. The number of aliphatic carboxylic acids is 1. The van der Waals surface area contributed by atoms with E-state index in [1.807, 2.05) is 6.92 Å². The van der Waals surface area contributed by atoms with E-state index in [9.17, 15) is 4.79 Å². The topological polar surface area (TPSA) is 63.3 Å². The Kier molecular flexibility index (Phi) is 3.12. The molecule has 0 radical (unpaired) electrons. The van der Waals surface area contributed by atoms with Crippen LogP contribution in [0.2, 0.25) is 0 Å². The minimum atomic E-state index is -0.630. The quantitative estimate of drug-likeness (QED) is 0.705. The Morgan fingerprint density at radius 3 is 2.50 bits per heavy atom. The predicted molar refractivity (Wildman–Crippen MR) is 56.4 cm³/mol. The lowest BCUT2D eigenvalue weighted by atomic mass is 9.55. The Morgan fingerprint density at radius 2 is 2.14 bits per heavy atom. The highest BCUT2D eigenvalue weighted by molar-refractivity contribution is 5.85. The van der Waals surface area contributed by atoms with Gasteiger partial charge in [0, 0.05) is 6.04 Å². The summed E-state index contributed by atoms with van der Waals surface area (Å²) in [4.78, 5) is 11.1. The molecule has 0 saturated heterocycles. The van der Waals surface area contributed by atoms with E-state index in [4.69, 9.17) is 10.8 Å². The van der Waals surface area contributed by atoms with Crippen LogP contribution >= 0.6 is 12.4 Å². The molecule has 3 rings (SSSR count). The first-order valence-electron chi connectivity index (χ1n) is 5.03. The Balaban J connectivity index is 0.000000980. The van der Waals surface area contributed by atoms with Gasteiger partial charge in [0.15, 0.2) is 0 Å². The summed E-state index contributed by atoms with van der Waals surface area (Å²) in [6, 6.07) is 0.256. The maximum absolute atomic E-state index is 11.1. The van der Waals surface area contributed by atoms with Crippen LogP contribution in [0.15, 0.2) is 0 Å². The highest BCUT2D eigenvalue weighted by atomic mass is 35.5. The van der Waals surface area contributed by atoms with E-state index in [-0.39, 0.29) is 18.4 Å². The molecule has 0 aromatic rings. The Morgan fingerprint density at radius 1 is 1.50 bits per heavy atom. The van der Waals surface area contributed by atoms with Gasteiger partial charge in [0.2, 0.25) is 0 Å². The van der Waals surface area contributed by atoms with Crippen LogP contribution in [0.5, 0.6) is 0 Å². The zero-order valence-electron chi connectivity index (χ0n) is 8.40. The second-order valence-corrected chi connectivity index (χ2v) is 4.86. The molecule has 14 heavy (non-hydrogen) atoms. The van der Waals surface area contributed by atoms with E-state index in [1.165, 1.54) is 0 Å². The van der Waals surface area contributed by atoms with Crippen LogP contribution in [0.1, 0.15) is 32.6 Å². The van der Waals surface area contributed by atoms with Gasteiger partial charge in [-0.25, -0.2) is 0 Å². The second-order valence-electron chi connectivity index (χ2n) is 4.86. The molecule has 3 N–H and O–H groups in total. The monoisotopic (exact) mass is 219 g/mol. The van der Waals surface area contributed by atoms with Gasteiger partial charge in [-0.2, -0.15) is 0 Å². The molecule has 3 fully saturated rings. The number of nitrogens with two attached hydrogens (primary N) is 1. The largest absolute Gasteiger partial charge is 0.481 e. The maximum atomic E-state index is 11.1. The molecule has 3 aliphatic carbocycles. The lowest BCUT2D eigenvalue weighted by molar-refractivity contribution is -0.159. The number of hydrogen-bond acceptors (Lipinski definition) is 2. The fraction of sp³-hybridized carbons (Fsp3) is 0.900. The summed E-state index contributed by atoms with van der Waals surface area (Å²) < 4.78 is 0. The van der Waals surface area contributed by atoms with Gasteiger partial charge in [0.1, 0.15) is 0 Å². The fourth-order valence-corrected chi connectivity index (χ4v) is 3.07. The van der Waals surface area contributed by atoms with Crippen LogP contribution in [0.4, 0.5) is 0 Å².